The summed E-state index contributed by atoms with van der Waals surface area (Å²) in [6.07, 6.45) is 1.84. The van der Waals surface area contributed by atoms with Crippen LogP contribution in [0.3, 0.4) is 0 Å². The van der Waals surface area contributed by atoms with Crippen molar-refractivity contribution in [3.63, 3.8) is 0 Å². The maximum Gasteiger partial charge on any atom is 0.0702 e. The van der Waals surface area contributed by atoms with E-state index in [0.717, 1.165) is 37.9 Å². The highest BCUT2D eigenvalue weighted by atomic mass is 79.9. The minimum absolute atomic E-state index is 0.109. The van der Waals surface area contributed by atoms with E-state index in [4.69, 9.17) is 0 Å². The monoisotopic (exact) mass is 404 g/mol. The highest BCUT2D eigenvalue weighted by Gasteiger charge is 2.46. The van der Waals surface area contributed by atoms with Gasteiger partial charge in [-0.25, -0.2) is 0 Å². The quantitative estimate of drug-likeness (QED) is 0.468. The summed E-state index contributed by atoms with van der Waals surface area (Å²) in [5, 5.41) is 0. The van der Waals surface area contributed by atoms with Crippen molar-refractivity contribution in [1.29, 1.82) is 0 Å². The number of hydrogen-bond donors (Lipinski definition) is 0. The minimum Gasteiger partial charge on any atom is -0.0988 e. The van der Waals surface area contributed by atoms with E-state index in [-0.39, 0.29) is 5.41 Å². The predicted octanol–water partition coefficient (Wildman–Crippen LogP) is 7.36. The van der Waals surface area contributed by atoms with Gasteiger partial charge in [0.1, 0.15) is 0 Å². The summed E-state index contributed by atoms with van der Waals surface area (Å²) in [5.41, 5.74) is 7.19. The lowest BCUT2D eigenvalue weighted by molar-refractivity contribution is 0.589. The molecule has 1 heteroatoms. The molecule has 0 heterocycles. The number of allylic oxidation sites excluding steroid dienone is 4. The molecule has 0 bridgehead atoms. The maximum absolute atomic E-state index is 4.43. The van der Waals surface area contributed by atoms with Crippen LogP contribution in [0, 0.1) is 0 Å². The topological polar surface area (TPSA) is 0 Å². The van der Waals surface area contributed by atoms with Crippen molar-refractivity contribution < 1.29 is 0 Å². The molecule has 2 aromatic carbocycles. The van der Waals surface area contributed by atoms with E-state index in [9.17, 15) is 0 Å². The molecule has 1 aliphatic carbocycles. The third-order valence-corrected chi connectivity index (χ3v) is 5.93. The Morgan fingerprint density at radius 1 is 1.04 bits per heavy atom. The molecule has 0 saturated heterocycles. The van der Waals surface area contributed by atoms with Crippen LogP contribution in [0.15, 0.2) is 90.5 Å². The molecule has 0 aliphatic heterocycles. The van der Waals surface area contributed by atoms with Crippen molar-refractivity contribution in [1.82, 2.24) is 0 Å². The van der Waals surface area contributed by atoms with Crippen LogP contribution in [0.25, 0.3) is 5.57 Å². The Morgan fingerprint density at radius 3 is 2.19 bits per heavy atom. The Labute approximate surface area is 165 Å². The summed E-state index contributed by atoms with van der Waals surface area (Å²) < 4.78 is 1.03. The van der Waals surface area contributed by atoms with Gasteiger partial charge in [0.2, 0.25) is 0 Å². The van der Waals surface area contributed by atoms with Crippen molar-refractivity contribution in [2.45, 2.75) is 31.6 Å². The van der Waals surface area contributed by atoms with Gasteiger partial charge in [0.15, 0.2) is 0 Å². The first-order valence-corrected chi connectivity index (χ1v) is 9.55. The highest BCUT2D eigenvalue weighted by molar-refractivity contribution is 9.10. The Morgan fingerprint density at radius 2 is 1.65 bits per heavy atom. The first kappa shape index (κ1) is 18.7. The fraction of sp³-hybridized carbons (Fsp3) is 0.200. The molecule has 0 aromatic heterocycles. The Kier molecular flexibility index (Phi) is 4.48. The van der Waals surface area contributed by atoms with Gasteiger partial charge >= 0.3 is 0 Å². The maximum atomic E-state index is 4.43. The van der Waals surface area contributed by atoms with E-state index in [0.29, 0.717) is 0 Å². The molecule has 2 aromatic rings. The third kappa shape index (κ3) is 2.57. The zero-order chi connectivity index (χ0) is 19.3. The third-order valence-electron chi connectivity index (χ3n) is 5.44. The Hall–Kier alpha value is -2.12. The van der Waals surface area contributed by atoms with Crippen LogP contribution in [0.4, 0.5) is 0 Å². The lowest BCUT2D eigenvalue weighted by Gasteiger charge is -2.34. The standard InChI is InChI=1S/C25H25Br/c1-8-16(2)25(20-11-9-19(10-12-20)24(5,6)7)18(4)17(3)22-14-13-21(26)15-23(22)25/h8-15H,1-4H2,5-7H3. The smallest absolute Gasteiger partial charge is 0.0702 e. The molecular weight excluding hydrogens is 380 g/mol. The van der Waals surface area contributed by atoms with Gasteiger partial charge in [0, 0.05) is 4.47 Å². The van der Waals surface area contributed by atoms with Gasteiger partial charge in [-0.1, -0.05) is 99.4 Å². The largest absolute Gasteiger partial charge is 0.0988 e. The second kappa shape index (κ2) is 6.25. The van der Waals surface area contributed by atoms with Crippen molar-refractivity contribution in [2.75, 3.05) is 0 Å². The predicted molar refractivity (Wildman–Crippen MR) is 118 cm³/mol. The van der Waals surface area contributed by atoms with Crippen LogP contribution >= 0.6 is 15.9 Å². The lowest BCUT2D eigenvalue weighted by atomic mass is 9.67. The fourth-order valence-electron chi connectivity index (χ4n) is 3.90. The van der Waals surface area contributed by atoms with Crippen LogP contribution < -0.4 is 0 Å². The van der Waals surface area contributed by atoms with Crippen molar-refractivity contribution in [3.05, 3.63) is 113 Å². The van der Waals surface area contributed by atoms with Gasteiger partial charge in [-0.15, -0.1) is 0 Å². The van der Waals surface area contributed by atoms with Crippen molar-refractivity contribution >= 4 is 21.5 Å². The number of fused-ring (bicyclic) bond motifs is 1. The zero-order valence-corrected chi connectivity index (χ0v) is 17.4. The van der Waals surface area contributed by atoms with E-state index in [1.807, 2.05) is 12.1 Å². The molecule has 1 aliphatic rings. The van der Waals surface area contributed by atoms with Crippen LogP contribution in [0.2, 0.25) is 0 Å². The van der Waals surface area contributed by atoms with E-state index < -0.39 is 5.41 Å². The van der Waals surface area contributed by atoms with E-state index >= 15 is 0 Å². The molecule has 1 atom stereocenters. The van der Waals surface area contributed by atoms with Crippen LogP contribution in [0.5, 0.6) is 0 Å². The summed E-state index contributed by atoms with van der Waals surface area (Å²) in [4.78, 5) is 0. The molecule has 26 heavy (non-hydrogen) atoms. The molecule has 0 radical (unpaired) electrons. The number of hydrogen-bond acceptors (Lipinski definition) is 0. The van der Waals surface area contributed by atoms with Gasteiger partial charge in [-0.2, -0.15) is 0 Å². The number of halogens is 1. The van der Waals surface area contributed by atoms with Gasteiger partial charge in [0.25, 0.3) is 0 Å². The van der Waals surface area contributed by atoms with Gasteiger partial charge in [-0.3, -0.25) is 0 Å². The molecule has 0 spiro atoms. The normalized spacial score (nSPS) is 19.4. The number of rotatable bonds is 3. The first-order valence-electron chi connectivity index (χ1n) is 8.76. The van der Waals surface area contributed by atoms with E-state index in [1.54, 1.807) is 0 Å². The van der Waals surface area contributed by atoms with Gasteiger partial charge < -0.3 is 0 Å². The summed E-state index contributed by atoms with van der Waals surface area (Å²) >= 11 is 3.62. The Balaban J connectivity index is 2.33. The van der Waals surface area contributed by atoms with Gasteiger partial charge in [-0.05, 0) is 56.5 Å². The minimum atomic E-state index is -0.519. The lowest BCUT2D eigenvalue weighted by Crippen LogP contribution is -2.28. The summed E-state index contributed by atoms with van der Waals surface area (Å²) in [5.74, 6) is 0. The highest BCUT2D eigenvalue weighted by Crippen LogP contribution is 2.56. The molecule has 3 rings (SSSR count). The molecule has 132 valence electrons. The average Bonchev–Trinajstić information content (AvgIpc) is 2.82. The zero-order valence-electron chi connectivity index (χ0n) is 15.8. The first-order chi connectivity index (χ1) is 12.1. The molecule has 0 fully saturated rings. The van der Waals surface area contributed by atoms with Crippen LogP contribution in [-0.4, -0.2) is 0 Å². The van der Waals surface area contributed by atoms with Crippen LogP contribution in [0.1, 0.15) is 43.0 Å². The number of benzene rings is 2. The van der Waals surface area contributed by atoms with E-state index in [2.05, 4.69) is 99.4 Å². The van der Waals surface area contributed by atoms with Crippen LogP contribution in [-0.2, 0) is 10.8 Å². The second-order valence-electron chi connectivity index (χ2n) is 7.95. The molecule has 0 nitrogen and oxygen atoms in total. The Bertz CT molecular complexity index is 935. The van der Waals surface area contributed by atoms with Gasteiger partial charge in [0.05, 0.1) is 5.41 Å². The summed E-state index contributed by atoms with van der Waals surface area (Å²) in [6, 6.07) is 15.1. The SMILES string of the molecule is C=CC(=C)C1(c2ccc(C(C)(C)C)cc2)C(=C)C(=C)c2ccc(Br)cc21. The fourth-order valence-corrected chi connectivity index (χ4v) is 4.26. The molecule has 0 amide bonds. The summed E-state index contributed by atoms with van der Waals surface area (Å²) in [6.45, 7) is 23.8. The molecular formula is C25H25Br. The summed E-state index contributed by atoms with van der Waals surface area (Å²) in [7, 11) is 0. The molecule has 0 N–H and O–H groups in total. The van der Waals surface area contributed by atoms with Crippen molar-refractivity contribution in [2.24, 2.45) is 0 Å². The average molecular weight is 405 g/mol. The molecule has 1 unspecified atom stereocenters. The van der Waals surface area contributed by atoms with E-state index in [1.165, 1.54) is 5.56 Å². The van der Waals surface area contributed by atoms with Crippen molar-refractivity contribution in [3.8, 4) is 0 Å². The second-order valence-corrected chi connectivity index (χ2v) is 8.87. The molecule has 0 saturated carbocycles.